The lowest BCUT2D eigenvalue weighted by molar-refractivity contribution is -0.149. The predicted octanol–water partition coefficient (Wildman–Crippen LogP) is 1.78. The van der Waals surface area contributed by atoms with Crippen LogP contribution in [0.1, 0.15) is 33.6 Å². The molecule has 1 unspecified atom stereocenters. The van der Waals surface area contributed by atoms with Crippen LogP contribution in [0.2, 0.25) is 0 Å². The number of rotatable bonds is 4. The molecule has 154 valence electrons. The molecule has 1 atom stereocenters. The number of carbonyl (C=O) groups is 2. The number of ether oxygens (including phenoxy) is 2. The molecule has 0 spiro atoms. The van der Waals surface area contributed by atoms with Crippen LogP contribution in [0.5, 0.6) is 5.75 Å². The largest absolute Gasteiger partial charge is 0.487 e. The van der Waals surface area contributed by atoms with Crippen LogP contribution >= 0.6 is 0 Å². The highest BCUT2D eigenvalue weighted by atomic mass is 32.2. The van der Waals surface area contributed by atoms with Crippen molar-refractivity contribution in [1.29, 1.82) is 0 Å². The van der Waals surface area contributed by atoms with Crippen molar-refractivity contribution in [2.24, 2.45) is 5.92 Å². The first kappa shape index (κ1) is 20.6. The number of benzene rings is 1. The molecule has 0 aromatic heterocycles. The summed E-state index contributed by atoms with van der Waals surface area (Å²) in [5, 5.41) is 0. The van der Waals surface area contributed by atoms with Crippen LogP contribution in [-0.2, 0) is 24.3 Å². The van der Waals surface area contributed by atoms with Gasteiger partial charge in [-0.2, -0.15) is 4.31 Å². The van der Waals surface area contributed by atoms with Crippen LogP contribution in [-0.4, -0.2) is 56.9 Å². The van der Waals surface area contributed by atoms with Gasteiger partial charge in [0.1, 0.15) is 11.9 Å². The Bertz CT molecular complexity index is 861. The fraction of sp³-hybridized carbons (Fsp3) is 0.579. The van der Waals surface area contributed by atoms with E-state index in [1.54, 1.807) is 13.0 Å². The lowest BCUT2D eigenvalue weighted by Crippen LogP contribution is -2.42. The summed E-state index contributed by atoms with van der Waals surface area (Å²) in [4.78, 5) is 25.5. The average Bonchev–Trinajstić information content (AvgIpc) is 2.67. The first-order valence-corrected chi connectivity index (χ1v) is 10.9. The third-order valence-corrected chi connectivity index (χ3v) is 6.98. The van der Waals surface area contributed by atoms with E-state index >= 15 is 0 Å². The zero-order chi connectivity index (χ0) is 20.5. The molecule has 9 heteroatoms. The van der Waals surface area contributed by atoms with Crippen molar-refractivity contribution in [1.82, 2.24) is 4.31 Å². The molecule has 8 nitrogen and oxygen atoms in total. The molecule has 0 aliphatic carbocycles. The Morgan fingerprint density at radius 1 is 1.25 bits per heavy atom. The molecule has 1 amide bonds. The Hall–Kier alpha value is -2.13. The number of anilines is 1. The van der Waals surface area contributed by atoms with Crippen LogP contribution in [0.3, 0.4) is 0 Å². The predicted molar refractivity (Wildman–Crippen MR) is 103 cm³/mol. The lowest BCUT2D eigenvalue weighted by atomic mass is 9.98. The summed E-state index contributed by atoms with van der Waals surface area (Å²) in [5.41, 5.74) is 0.466. The van der Waals surface area contributed by atoms with Crippen LogP contribution in [0.25, 0.3) is 0 Å². The number of fused-ring (bicyclic) bond motifs is 1. The van der Waals surface area contributed by atoms with Gasteiger partial charge in [-0.05, 0) is 44.9 Å². The molecule has 28 heavy (non-hydrogen) atoms. The molecule has 2 heterocycles. The number of amides is 1. The van der Waals surface area contributed by atoms with Crippen molar-refractivity contribution in [2.45, 2.75) is 44.6 Å². The SMILES string of the molecule is CCOC(=O)C1CCN(S(=O)(=O)c2ccc3c(c2)N(C(C)=O)CC(C)O3)CC1. The van der Waals surface area contributed by atoms with E-state index in [1.807, 2.05) is 6.92 Å². The van der Waals surface area contributed by atoms with Crippen LogP contribution < -0.4 is 9.64 Å². The van der Waals surface area contributed by atoms with Gasteiger partial charge in [-0.3, -0.25) is 9.59 Å². The molecule has 2 aliphatic heterocycles. The van der Waals surface area contributed by atoms with Gasteiger partial charge >= 0.3 is 5.97 Å². The highest BCUT2D eigenvalue weighted by molar-refractivity contribution is 7.89. The van der Waals surface area contributed by atoms with E-state index in [2.05, 4.69) is 0 Å². The second-order valence-electron chi connectivity index (χ2n) is 7.12. The Balaban J connectivity index is 1.81. The van der Waals surface area contributed by atoms with Gasteiger partial charge in [0.15, 0.2) is 0 Å². The van der Waals surface area contributed by atoms with E-state index < -0.39 is 10.0 Å². The maximum atomic E-state index is 13.1. The fourth-order valence-electron chi connectivity index (χ4n) is 3.62. The summed E-state index contributed by atoms with van der Waals surface area (Å²) in [6, 6.07) is 4.59. The topological polar surface area (TPSA) is 93.2 Å². The lowest BCUT2D eigenvalue weighted by Gasteiger charge is -2.34. The molecule has 2 aliphatic rings. The summed E-state index contributed by atoms with van der Waals surface area (Å²) in [7, 11) is -3.73. The minimum Gasteiger partial charge on any atom is -0.487 e. The fourth-order valence-corrected chi connectivity index (χ4v) is 5.11. The third-order valence-electron chi connectivity index (χ3n) is 5.08. The van der Waals surface area contributed by atoms with Crippen molar-refractivity contribution in [3.05, 3.63) is 18.2 Å². The van der Waals surface area contributed by atoms with E-state index in [9.17, 15) is 18.0 Å². The van der Waals surface area contributed by atoms with Crippen molar-refractivity contribution < 1.29 is 27.5 Å². The molecule has 0 saturated carbocycles. The first-order chi connectivity index (χ1) is 13.2. The molecule has 1 fully saturated rings. The second-order valence-corrected chi connectivity index (χ2v) is 9.06. The molecule has 0 radical (unpaired) electrons. The Morgan fingerprint density at radius 2 is 1.93 bits per heavy atom. The number of piperidine rings is 1. The van der Waals surface area contributed by atoms with E-state index in [4.69, 9.17) is 9.47 Å². The number of sulfonamides is 1. The normalized spacial score (nSPS) is 21.0. The maximum Gasteiger partial charge on any atom is 0.309 e. The van der Waals surface area contributed by atoms with Gasteiger partial charge in [-0.1, -0.05) is 0 Å². The van der Waals surface area contributed by atoms with Gasteiger partial charge in [-0.15, -0.1) is 0 Å². The maximum absolute atomic E-state index is 13.1. The van der Waals surface area contributed by atoms with E-state index in [-0.39, 0.29) is 41.9 Å². The number of esters is 1. The standard InChI is InChI=1S/C19H26N2O6S/c1-4-26-19(23)15-7-9-20(10-8-15)28(24,25)16-5-6-18-17(11-16)21(14(3)22)12-13(2)27-18/h5-6,11,13,15H,4,7-10,12H2,1-3H3. The minimum atomic E-state index is -3.73. The Morgan fingerprint density at radius 3 is 2.54 bits per heavy atom. The molecule has 0 N–H and O–H groups in total. The summed E-state index contributed by atoms with van der Waals surface area (Å²) in [5.74, 6) is -0.204. The molecule has 0 bridgehead atoms. The molecule has 1 aromatic rings. The summed E-state index contributed by atoms with van der Waals surface area (Å²) < 4.78 is 38.3. The quantitative estimate of drug-likeness (QED) is 0.703. The van der Waals surface area contributed by atoms with Crippen molar-refractivity contribution in [3.63, 3.8) is 0 Å². The minimum absolute atomic E-state index is 0.116. The number of carbonyl (C=O) groups excluding carboxylic acids is 2. The van der Waals surface area contributed by atoms with Gasteiger partial charge in [0.05, 0.1) is 29.7 Å². The van der Waals surface area contributed by atoms with Gasteiger partial charge in [-0.25, -0.2) is 8.42 Å². The highest BCUT2D eigenvalue weighted by Gasteiger charge is 2.34. The molecule has 1 aromatic carbocycles. The van der Waals surface area contributed by atoms with Crippen LogP contribution in [0.4, 0.5) is 5.69 Å². The van der Waals surface area contributed by atoms with Crippen LogP contribution in [0, 0.1) is 5.92 Å². The smallest absolute Gasteiger partial charge is 0.309 e. The third kappa shape index (κ3) is 4.00. The summed E-state index contributed by atoms with van der Waals surface area (Å²) >= 11 is 0. The van der Waals surface area contributed by atoms with Crippen molar-refractivity contribution in [3.8, 4) is 5.75 Å². The van der Waals surface area contributed by atoms with Crippen molar-refractivity contribution >= 4 is 27.6 Å². The molecule has 3 rings (SSSR count). The Kier molecular flexibility index (Phi) is 5.95. The zero-order valence-corrected chi connectivity index (χ0v) is 17.2. The van der Waals surface area contributed by atoms with Gasteiger partial charge < -0.3 is 14.4 Å². The van der Waals surface area contributed by atoms with E-state index in [1.165, 1.54) is 28.3 Å². The molecular formula is C19H26N2O6S. The van der Waals surface area contributed by atoms with Gasteiger partial charge in [0, 0.05) is 20.0 Å². The highest BCUT2D eigenvalue weighted by Crippen LogP contribution is 2.36. The van der Waals surface area contributed by atoms with E-state index in [0.29, 0.717) is 37.4 Å². The summed E-state index contributed by atoms with van der Waals surface area (Å²) in [6.07, 6.45) is 0.702. The number of hydrogen-bond donors (Lipinski definition) is 0. The van der Waals surface area contributed by atoms with Crippen LogP contribution in [0.15, 0.2) is 23.1 Å². The zero-order valence-electron chi connectivity index (χ0n) is 16.4. The first-order valence-electron chi connectivity index (χ1n) is 9.49. The number of nitrogens with zero attached hydrogens (tertiary/aromatic N) is 2. The molecular weight excluding hydrogens is 384 g/mol. The Labute approximate surface area is 165 Å². The average molecular weight is 410 g/mol. The molecule has 1 saturated heterocycles. The van der Waals surface area contributed by atoms with Gasteiger partial charge in [0.25, 0.3) is 0 Å². The van der Waals surface area contributed by atoms with Crippen molar-refractivity contribution in [2.75, 3.05) is 31.1 Å². The van der Waals surface area contributed by atoms with E-state index in [0.717, 1.165) is 0 Å². The number of hydrogen-bond acceptors (Lipinski definition) is 6. The summed E-state index contributed by atoms with van der Waals surface area (Å²) in [6.45, 7) is 6.26. The second kappa shape index (κ2) is 8.08. The van der Waals surface area contributed by atoms with Gasteiger partial charge in [0.2, 0.25) is 15.9 Å². The monoisotopic (exact) mass is 410 g/mol.